The van der Waals surface area contributed by atoms with E-state index in [9.17, 15) is 4.79 Å². The van der Waals surface area contributed by atoms with Crippen LogP contribution in [0.4, 0.5) is 17.2 Å². The molecular weight excluding hydrogens is 344 g/mol. The smallest absolute Gasteiger partial charge is 0.273 e. The number of anilines is 3. The molecule has 1 saturated heterocycles. The molecule has 3 aromatic rings. The van der Waals surface area contributed by atoms with Crippen LogP contribution in [0.3, 0.4) is 0 Å². The summed E-state index contributed by atoms with van der Waals surface area (Å²) < 4.78 is 23.1. The molecule has 9 nitrogen and oxygen atoms in total. The number of imidazole rings is 1. The standard InChI is InChI=1S/C15H15ClN8O/c1-17-15(25)14-10(6-11(16)21-22-14)19-12-8-24-13(20-12)5-9(7-18-24)23-3-2-4-23/h5-8H,2-4H2,1H3,(H,17,25)(H,19,21)/i1D3. The summed E-state index contributed by atoms with van der Waals surface area (Å²) >= 11 is 5.88. The van der Waals surface area contributed by atoms with Gasteiger partial charge in [0, 0.05) is 36.3 Å². The fourth-order valence-corrected chi connectivity index (χ4v) is 2.65. The second-order valence-electron chi connectivity index (χ2n) is 5.49. The van der Waals surface area contributed by atoms with Crippen molar-refractivity contribution < 1.29 is 8.91 Å². The van der Waals surface area contributed by atoms with Crippen molar-refractivity contribution in [3.63, 3.8) is 0 Å². The summed E-state index contributed by atoms with van der Waals surface area (Å²) in [7, 11) is 0. The van der Waals surface area contributed by atoms with Gasteiger partial charge in [-0.05, 0) is 6.42 Å². The van der Waals surface area contributed by atoms with Gasteiger partial charge in [-0.3, -0.25) is 4.79 Å². The van der Waals surface area contributed by atoms with E-state index in [0.29, 0.717) is 11.5 Å². The van der Waals surface area contributed by atoms with Crippen molar-refractivity contribution in [3.8, 4) is 0 Å². The summed E-state index contributed by atoms with van der Waals surface area (Å²) in [4.78, 5) is 18.8. The molecule has 1 amide bonds. The first-order chi connectivity index (χ1) is 13.3. The Morgan fingerprint density at radius 2 is 2.24 bits per heavy atom. The van der Waals surface area contributed by atoms with Crippen LogP contribution in [0.25, 0.3) is 5.65 Å². The summed E-state index contributed by atoms with van der Waals surface area (Å²) in [5, 5.41) is 16.5. The summed E-state index contributed by atoms with van der Waals surface area (Å²) in [5.74, 6) is -0.520. The number of nitrogens with one attached hydrogen (secondary N) is 2. The van der Waals surface area contributed by atoms with E-state index in [1.54, 1.807) is 16.9 Å². The van der Waals surface area contributed by atoms with E-state index in [2.05, 4.69) is 30.5 Å². The number of hydrogen-bond donors (Lipinski definition) is 2. The van der Waals surface area contributed by atoms with E-state index in [1.165, 1.54) is 6.07 Å². The third-order valence-electron chi connectivity index (χ3n) is 3.88. The Morgan fingerprint density at radius 3 is 3.00 bits per heavy atom. The Kier molecular flexibility index (Phi) is 3.07. The lowest BCUT2D eigenvalue weighted by Gasteiger charge is -2.32. The van der Waals surface area contributed by atoms with Crippen LogP contribution in [0.1, 0.15) is 21.0 Å². The molecule has 0 atom stereocenters. The Bertz CT molecular complexity index is 1050. The first-order valence-corrected chi connectivity index (χ1v) is 7.89. The molecule has 0 unspecified atom stereocenters. The van der Waals surface area contributed by atoms with E-state index in [4.69, 9.17) is 15.7 Å². The minimum absolute atomic E-state index is 0.0369. The quantitative estimate of drug-likeness (QED) is 0.726. The molecule has 4 heterocycles. The van der Waals surface area contributed by atoms with Crippen molar-refractivity contribution in [2.45, 2.75) is 6.42 Å². The number of halogens is 1. The van der Waals surface area contributed by atoms with Crippen LogP contribution in [0, 0.1) is 0 Å². The average molecular weight is 362 g/mol. The second kappa shape index (κ2) is 6.17. The van der Waals surface area contributed by atoms with Gasteiger partial charge in [0.05, 0.1) is 23.8 Å². The Balaban J connectivity index is 1.63. The van der Waals surface area contributed by atoms with Crippen molar-refractivity contribution in [1.82, 2.24) is 30.1 Å². The second-order valence-corrected chi connectivity index (χ2v) is 5.88. The fourth-order valence-electron chi connectivity index (χ4n) is 2.50. The molecule has 0 bridgehead atoms. The lowest BCUT2D eigenvalue weighted by molar-refractivity contribution is 0.0958. The first-order valence-electron chi connectivity index (χ1n) is 9.02. The van der Waals surface area contributed by atoms with Crippen LogP contribution in [0.5, 0.6) is 0 Å². The van der Waals surface area contributed by atoms with Crippen molar-refractivity contribution in [1.29, 1.82) is 0 Å². The number of fused-ring (bicyclic) bond motifs is 1. The van der Waals surface area contributed by atoms with E-state index >= 15 is 0 Å². The van der Waals surface area contributed by atoms with E-state index < -0.39 is 12.9 Å². The maximum atomic E-state index is 12.2. The number of carbonyl (C=O) groups excluding carboxylic acids is 1. The summed E-state index contributed by atoms with van der Waals surface area (Å²) in [6, 6.07) is 3.28. The van der Waals surface area contributed by atoms with Gasteiger partial charge in [-0.1, -0.05) is 11.6 Å². The highest BCUT2D eigenvalue weighted by Crippen LogP contribution is 2.24. The largest absolute Gasteiger partial charge is 0.370 e. The molecule has 4 rings (SSSR count). The minimum Gasteiger partial charge on any atom is -0.370 e. The third-order valence-corrected chi connectivity index (χ3v) is 4.07. The van der Waals surface area contributed by atoms with Gasteiger partial charge < -0.3 is 15.5 Å². The monoisotopic (exact) mass is 361 g/mol. The number of nitrogens with zero attached hydrogens (tertiary/aromatic N) is 6. The van der Waals surface area contributed by atoms with E-state index in [1.807, 2.05) is 11.4 Å². The van der Waals surface area contributed by atoms with Gasteiger partial charge in [0.15, 0.2) is 22.3 Å². The van der Waals surface area contributed by atoms with Gasteiger partial charge in [0.1, 0.15) is 0 Å². The highest BCUT2D eigenvalue weighted by atomic mass is 35.5. The molecule has 0 spiro atoms. The highest BCUT2D eigenvalue weighted by molar-refractivity contribution is 6.29. The Morgan fingerprint density at radius 1 is 1.36 bits per heavy atom. The zero-order valence-corrected chi connectivity index (χ0v) is 13.7. The van der Waals surface area contributed by atoms with Crippen LogP contribution < -0.4 is 15.5 Å². The average Bonchev–Trinajstić information content (AvgIpc) is 2.93. The fraction of sp³-hybridized carbons (Fsp3) is 0.267. The molecule has 0 aromatic carbocycles. The molecule has 1 aliphatic rings. The number of amides is 1. The van der Waals surface area contributed by atoms with Crippen molar-refractivity contribution in [2.75, 3.05) is 30.3 Å². The molecule has 128 valence electrons. The Labute approximate surface area is 152 Å². The summed E-state index contributed by atoms with van der Waals surface area (Å²) in [6.45, 7) is -0.671. The zero-order valence-electron chi connectivity index (χ0n) is 15.9. The van der Waals surface area contributed by atoms with Crippen LogP contribution >= 0.6 is 11.6 Å². The van der Waals surface area contributed by atoms with Crippen LogP contribution in [0.15, 0.2) is 24.5 Å². The minimum atomic E-state index is -2.66. The number of carbonyl (C=O) groups is 1. The third kappa shape index (κ3) is 2.93. The van der Waals surface area contributed by atoms with Gasteiger partial charge in [-0.15, -0.1) is 10.2 Å². The molecule has 2 N–H and O–H groups in total. The van der Waals surface area contributed by atoms with Gasteiger partial charge in [0.2, 0.25) is 0 Å². The lowest BCUT2D eigenvalue weighted by atomic mass is 10.2. The highest BCUT2D eigenvalue weighted by Gasteiger charge is 2.17. The zero-order chi connectivity index (χ0) is 19.9. The first kappa shape index (κ1) is 12.4. The van der Waals surface area contributed by atoms with Gasteiger partial charge >= 0.3 is 0 Å². The molecule has 1 aliphatic heterocycles. The molecule has 0 radical (unpaired) electrons. The molecule has 10 heteroatoms. The molecule has 1 fully saturated rings. The summed E-state index contributed by atoms with van der Waals surface area (Å²) in [6.07, 6.45) is 4.55. The number of aromatic nitrogens is 5. The molecular formula is C15H15ClN8O. The predicted octanol–water partition coefficient (Wildman–Crippen LogP) is 1.49. The number of rotatable bonds is 4. The maximum absolute atomic E-state index is 12.2. The van der Waals surface area contributed by atoms with Crippen LogP contribution in [-0.2, 0) is 0 Å². The van der Waals surface area contributed by atoms with Gasteiger partial charge in [-0.25, -0.2) is 9.50 Å². The molecule has 3 aromatic heterocycles. The molecule has 25 heavy (non-hydrogen) atoms. The maximum Gasteiger partial charge on any atom is 0.273 e. The lowest BCUT2D eigenvalue weighted by Crippen LogP contribution is -2.37. The van der Waals surface area contributed by atoms with Crippen molar-refractivity contribution in [3.05, 3.63) is 35.4 Å². The predicted molar refractivity (Wildman–Crippen MR) is 93.5 cm³/mol. The van der Waals surface area contributed by atoms with Crippen molar-refractivity contribution >= 4 is 40.3 Å². The van der Waals surface area contributed by atoms with Gasteiger partial charge in [0.25, 0.3) is 5.91 Å². The van der Waals surface area contributed by atoms with Crippen LogP contribution in [0.2, 0.25) is 5.15 Å². The number of hydrogen-bond acceptors (Lipinski definition) is 7. The van der Waals surface area contributed by atoms with Gasteiger partial charge in [-0.2, -0.15) is 5.10 Å². The SMILES string of the molecule is [2H]C([2H])([2H])NC(=O)c1nnc(Cl)cc1Nc1cn2ncc(N3CCC3)cc2n1. The van der Waals surface area contributed by atoms with E-state index in [-0.39, 0.29) is 16.5 Å². The van der Waals surface area contributed by atoms with Crippen molar-refractivity contribution in [2.24, 2.45) is 0 Å². The molecule has 0 saturated carbocycles. The Hall–Kier alpha value is -2.94. The summed E-state index contributed by atoms with van der Waals surface area (Å²) in [5.41, 5.74) is 1.57. The van der Waals surface area contributed by atoms with E-state index in [0.717, 1.165) is 25.2 Å². The normalized spacial score (nSPS) is 15.9. The van der Waals surface area contributed by atoms with Crippen LogP contribution in [-0.4, -0.2) is 50.8 Å². The topological polar surface area (TPSA) is 100 Å². The molecule has 0 aliphatic carbocycles.